The van der Waals surface area contributed by atoms with Crippen molar-refractivity contribution >= 4 is 0 Å². The van der Waals surface area contributed by atoms with Crippen LogP contribution in [-0.2, 0) is 0 Å². The Morgan fingerprint density at radius 1 is 1.40 bits per heavy atom. The first-order chi connectivity index (χ1) is 4.70. The topological polar surface area (TPSA) is 12.0 Å². The smallest absolute Gasteiger partial charge is 0.115 e. The van der Waals surface area contributed by atoms with Gasteiger partial charge >= 0.3 is 0 Å². The van der Waals surface area contributed by atoms with Crippen molar-refractivity contribution in [2.75, 3.05) is 0 Å². The van der Waals surface area contributed by atoms with Crippen LogP contribution >= 0.6 is 0 Å². The van der Waals surface area contributed by atoms with Crippen LogP contribution in [0.3, 0.4) is 0 Å². The van der Waals surface area contributed by atoms with Crippen LogP contribution in [0.2, 0.25) is 0 Å². The van der Waals surface area contributed by atoms with Crippen molar-refractivity contribution in [1.82, 2.24) is 5.32 Å². The van der Waals surface area contributed by atoms with Crippen molar-refractivity contribution in [3.05, 3.63) is 0 Å². The third-order valence-electron chi connectivity index (χ3n) is 1.98. The van der Waals surface area contributed by atoms with Gasteiger partial charge < -0.3 is 5.32 Å². The molecule has 2 heteroatoms. The van der Waals surface area contributed by atoms with Gasteiger partial charge in [-0.25, -0.2) is 4.39 Å². The van der Waals surface area contributed by atoms with Gasteiger partial charge in [0.05, 0.1) is 0 Å². The van der Waals surface area contributed by atoms with Crippen LogP contribution in [0.4, 0.5) is 4.39 Å². The van der Waals surface area contributed by atoms with Crippen LogP contribution in [0, 0.1) is 0 Å². The van der Waals surface area contributed by atoms with Crippen molar-refractivity contribution in [2.45, 2.75) is 51.4 Å². The predicted molar refractivity (Wildman–Crippen MR) is 40.8 cm³/mol. The monoisotopic (exact) mass is 145 g/mol. The quantitative estimate of drug-likeness (QED) is 0.625. The molecule has 1 aliphatic rings. The summed E-state index contributed by atoms with van der Waals surface area (Å²) in [6.07, 6.45) is 2.22. The van der Waals surface area contributed by atoms with Gasteiger partial charge in [-0.2, -0.15) is 0 Å². The maximum Gasteiger partial charge on any atom is 0.115 e. The van der Waals surface area contributed by atoms with Crippen LogP contribution in [0.1, 0.15) is 33.1 Å². The van der Waals surface area contributed by atoms with Crippen molar-refractivity contribution in [3.63, 3.8) is 0 Å². The zero-order valence-corrected chi connectivity index (χ0v) is 6.73. The van der Waals surface area contributed by atoms with E-state index in [0.717, 1.165) is 19.3 Å². The van der Waals surface area contributed by atoms with Crippen molar-refractivity contribution in [2.24, 2.45) is 0 Å². The molecule has 1 fully saturated rings. The minimum absolute atomic E-state index is 0.139. The van der Waals surface area contributed by atoms with Crippen LogP contribution in [0.5, 0.6) is 0 Å². The van der Waals surface area contributed by atoms with Gasteiger partial charge in [-0.1, -0.05) is 13.8 Å². The Bertz CT molecular complexity index is 103. The summed E-state index contributed by atoms with van der Waals surface area (Å²) in [7, 11) is 0. The van der Waals surface area contributed by atoms with Gasteiger partial charge in [-0.3, -0.25) is 0 Å². The summed E-state index contributed by atoms with van der Waals surface area (Å²) in [5.74, 6) is 0. The maximum atomic E-state index is 12.9. The molecule has 10 heavy (non-hydrogen) atoms. The first kappa shape index (κ1) is 7.99. The molecule has 60 valence electrons. The van der Waals surface area contributed by atoms with Crippen LogP contribution in [0.15, 0.2) is 0 Å². The van der Waals surface area contributed by atoms with E-state index in [-0.39, 0.29) is 6.04 Å². The lowest BCUT2D eigenvalue weighted by atomic mass is 10.2. The zero-order valence-electron chi connectivity index (χ0n) is 6.73. The Labute approximate surface area is 62.0 Å². The highest BCUT2D eigenvalue weighted by Crippen LogP contribution is 2.21. The lowest BCUT2D eigenvalue weighted by molar-refractivity contribution is 0.270. The maximum absolute atomic E-state index is 12.9. The molecule has 0 amide bonds. The molecule has 1 nitrogen and oxygen atoms in total. The molecule has 0 saturated heterocycles. The van der Waals surface area contributed by atoms with Crippen molar-refractivity contribution < 1.29 is 4.39 Å². The van der Waals surface area contributed by atoms with E-state index in [1.807, 2.05) is 0 Å². The molecule has 0 spiro atoms. The molecule has 0 aliphatic heterocycles. The number of rotatable bonds is 2. The van der Waals surface area contributed by atoms with Crippen LogP contribution in [-0.4, -0.2) is 18.3 Å². The van der Waals surface area contributed by atoms with Crippen LogP contribution < -0.4 is 5.32 Å². The molecule has 2 atom stereocenters. The van der Waals surface area contributed by atoms with E-state index in [1.165, 1.54) is 0 Å². The number of halogens is 1. The minimum atomic E-state index is -0.595. The van der Waals surface area contributed by atoms with Gasteiger partial charge in [-0.15, -0.1) is 0 Å². The summed E-state index contributed by atoms with van der Waals surface area (Å²) in [6, 6.07) is 0.557. The first-order valence-corrected chi connectivity index (χ1v) is 4.10. The molecular weight excluding hydrogens is 129 g/mol. The Morgan fingerprint density at radius 3 is 2.50 bits per heavy atom. The molecule has 0 radical (unpaired) electrons. The largest absolute Gasteiger partial charge is 0.309 e. The van der Waals surface area contributed by atoms with Crippen molar-refractivity contribution in [1.29, 1.82) is 0 Å². The normalized spacial score (nSPS) is 33.6. The minimum Gasteiger partial charge on any atom is -0.309 e. The van der Waals surface area contributed by atoms with Crippen LogP contribution in [0.25, 0.3) is 0 Å². The number of alkyl halides is 1. The Kier molecular flexibility index (Phi) is 2.66. The van der Waals surface area contributed by atoms with Gasteiger partial charge in [0.1, 0.15) is 6.17 Å². The summed E-state index contributed by atoms with van der Waals surface area (Å²) in [5.41, 5.74) is 0. The van der Waals surface area contributed by atoms with Gasteiger partial charge in [0.25, 0.3) is 0 Å². The summed E-state index contributed by atoms with van der Waals surface area (Å²) >= 11 is 0. The third-order valence-corrected chi connectivity index (χ3v) is 1.98. The fourth-order valence-corrected chi connectivity index (χ4v) is 1.53. The molecule has 0 bridgehead atoms. The molecule has 1 saturated carbocycles. The number of nitrogens with one attached hydrogen (secondary N) is 1. The molecule has 1 aliphatic carbocycles. The fraction of sp³-hybridized carbons (Fsp3) is 1.00. The zero-order chi connectivity index (χ0) is 7.56. The standard InChI is InChI=1S/C8H16FN/c1-6(2)10-8-5-3-4-7(8)9/h6-8,10H,3-5H2,1-2H3/t7-,8-/m1/s1. The SMILES string of the molecule is CC(C)N[C@@H]1CCC[C@H]1F. The second kappa shape index (κ2) is 3.33. The highest BCUT2D eigenvalue weighted by molar-refractivity contribution is 4.83. The van der Waals surface area contributed by atoms with Gasteiger partial charge in [0.2, 0.25) is 0 Å². The summed E-state index contributed by atoms with van der Waals surface area (Å²) in [6.45, 7) is 4.12. The Hall–Kier alpha value is -0.110. The van der Waals surface area contributed by atoms with E-state index in [9.17, 15) is 4.39 Å². The number of hydrogen-bond donors (Lipinski definition) is 1. The molecule has 0 aromatic heterocycles. The molecular formula is C8H16FN. The second-order valence-electron chi connectivity index (χ2n) is 3.37. The van der Waals surface area contributed by atoms with Gasteiger partial charge in [0, 0.05) is 12.1 Å². The highest BCUT2D eigenvalue weighted by atomic mass is 19.1. The average molecular weight is 145 g/mol. The van der Waals surface area contributed by atoms with E-state index in [1.54, 1.807) is 0 Å². The molecule has 0 heterocycles. The van der Waals surface area contributed by atoms with Crippen molar-refractivity contribution in [3.8, 4) is 0 Å². The molecule has 0 unspecified atom stereocenters. The number of hydrogen-bond acceptors (Lipinski definition) is 1. The Balaban J connectivity index is 2.26. The van der Waals surface area contributed by atoms with E-state index >= 15 is 0 Å². The lowest BCUT2D eigenvalue weighted by Gasteiger charge is -2.17. The molecule has 1 N–H and O–H groups in total. The second-order valence-corrected chi connectivity index (χ2v) is 3.37. The molecule has 0 aromatic rings. The van der Waals surface area contributed by atoms with Gasteiger partial charge in [-0.05, 0) is 19.3 Å². The highest BCUT2D eigenvalue weighted by Gasteiger charge is 2.26. The Morgan fingerprint density at radius 2 is 2.10 bits per heavy atom. The van der Waals surface area contributed by atoms with E-state index in [4.69, 9.17) is 0 Å². The third kappa shape index (κ3) is 1.94. The predicted octanol–water partition coefficient (Wildman–Crippen LogP) is 1.88. The van der Waals surface area contributed by atoms with E-state index < -0.39 is 6.17 Å². The molecule has 1 rings (SSSR count). The van der Waals surface area contributed by atoms with E-state index in [2.05, 4.69) is 19.2 Å². The van der Waals surface area contributed by atoms with E-state index in [0.29, 0.717) is 6.04 Å². The summed E-state index contributed by atoms with van der Waals surface area (Å²) in [4.78, 5) is 0. The fourth-order valence-electron chi connectivity index (χ4n) is 1.53. The average Bonchev–Trinajstić information content (AvgIpc) is 2.15. The summed E-state index contributed by atoms with van der Waals surface area (Å²) in [5, 5.41) is 3.22. The van der Waals surface area contributed by atoms with Gasteiger partial charge in [0.15, 0.2) is 0 Å². The first-order valence-electron chi connectivity index (χ1n) is 4.10. The molecule has 0 aromatic carbocycles. The summed E-state index contributed by atoms with van der Waals surface area (Å²) < 4.78 is 12.9. The lowest BCUT2D eigenvalue weighted by Crippen LogP contribution is -2.38.